The fourth-order valence-corrected chi connectivity index (χ4v) is 2.25. The molecular formula is C12H14N4O3S. The van der Waals surface area contributed by atoms with Crippen LogP contribution in [0.15, 0.2) is 23.4 Å². The van der Waals surface area contributed by atoms with Crippen molar-refractivity contribution in [2.45, 2.75) is 5.16 Å². The van der Waals surface area contributed by atoms with Gasteiger partial charge in [-0.25, -0.2) is 5.10 Å². The fourth-order valence-electron chi connectivity index (χ4n) is 1.56. The first kappa shape index (κ1) is 14.2. The van der Waals surface area contributed by atoms with Gasteiger partial charge in [-0.1, -0.05) is 11.8 Å². The lowest BCUT2D eigenvalue weighted by Gasteiger charge is -2.08. The molecule has 20 heavy (non-hydrogen) atoms. The Morgan fingerprint density at radius 1 is 1.40 bits per heavy atom. The van der Waals surface area contributed by atoms with Crippen molar-refractivity contribution in [1.82, 2.24) is 15.2 Å². The largest absolute Gasteiger partial charge is 0.497 e. The molecule has 2 aromatic rings. The molecule has 3 N–H and O–H groups in total. The zero-order chi connectivity index (χ0) is 14.5. The van der Waals surface area contributed by atoms with Gasteiger partial charge >= 0.3 is 0 Å². The standard InChI is InChI=1S/C12H14N4O3S/c1-18-7-3-4-8(10(5-7)19-2)9(17)6-20-12-14-11(13)15-16-12/h3-5H,6H2,1-2H3,(H3,13,14,15,16). The van der Waals surface area contributed by atoms with Crippen LogP contribution in [-0.4, -0.2) is 40.9 Å². The highest BCUT2D eigenvalue weighted by Crippen LogP contribution is 2.26. The van der Waals surface area contributed by atoms with Crippen molar-refractivity contribution in [2.75, 3.05) is 25.7 Å². The third-order valence-corrected chi connectivity index (χ3v) is 3.37. The van der Waals surface area contributed by atoms with Crippen LogP contribution in [0.3, 0.4) is 0 Å². The maximum Gasteiger partial charge on any atom is 0.216 e. The van der Waals surface area contributed by atoms with E-state index in [1.165, 1.54) is 18.9 Å². The lowest BCUT2D eigenvalue weighted by Crippen LogP contribution is -2.05. The molecule has 0 aliphatic carbocycles. The second-order valence-electron chi connectivity index (χ2n) is 3.78. The van der Waals surface area contributed by atoms with Crippen molar-refractivity contribution in [3.8, 4) is 11.5 Å². The fraction of sp³-hybridized carbons (Fsp3) is 0.250. The van der Waals surface area contributed by atoms with Gasteiger partial charge in [-0.15, -0.1) is 5.10 Å². The molecule has 8 heteroatoms. The monoisotopic (exact) mass is 294 g/mol. The molecule has 1 aromatic carbocycles. The smallest absolute Gasteiger partial charge is 0.216 e. The van der Waals surface area contributed by atoms with Gasteiger partial charge in [0.05, 0.1) is 25.5 Å². The van der Waals surface area contributed by atoms with Crippen LogP contribution >= 0.6 is 11.8 Å². The number of thioether (sulfide) groups is 1. The minimum atomic E-state index is -0.0853. The zero-order valence-corrected chi connectivity index (χ0v) is 11.9. The van der Waals surface area contributed by atoms with Crippen molar-refractivity contribution >= 4 is 23.5 Å². The summed E-state index contributed by atoms with van der Waals surface area (Å²) in [6.07, 6.45) is 0. The maximum atomic E-state index is 12.2. The van der Waals surface area contributed by atoms with E-state index in [1.807, 2.05) is 0 Å². The number of nitrogens with two attached hydrogens (primary N) is 1. The van der Waals surface area contributed by atoms with Crippen LogP contribution in [0, 0.1) is 0 Å². The molecule has 0 saturated heterocycles. The van der Waals surface area contributed by atoms with Gasteiger partial charge < -0.3 is 15.2 Å². The summed E-state index contributed by atoms with van der Waals surface area (Å²) in [7, 11) is 3.06. The number of nitrogens with zero attached hydrogens (tertiary/aromatic N) is 2. The molecule has 106 valence electrons. The number of rotatable bonds is 6. The number of aromatic nitrogens is 3. The molecule has 1 heterocycles. The number of nitrogen functional groups attached to an aromatic ring is 1. The van der Waals surface area contributed by atoms with Gasteiger partial charge in [0.15, 0.2) is 5.78 Å². The van der Waals surface area contributed by atoms with Crippen molar-refractivity contribution < 1.29 is 14.3 Å². The van der Waals surface area contributed by atoms with E-state index in [-0.39, 0.29) is 17.5 Å². The second-order valence-corrected chi connectivity index (χ2v) is 4.72. The quantitative estimate of drug-likeness (QED) is 0.612. The number of carbonyl (C=O) groups is 1. The van der Waals surface area contributed by atoms with Gasteiger partial charge in [-0.3, -0.25) is 4.79 Å². The molecule has 7 nitrogen and oxygen atoms in total. The number of carbonyl (C=O) groups excluding carboxylic acids is 1. The average molecular weight is 294 g/mol. The number of hydrogen-bond donors (Lipinski definition) is 2. The first-order valence-corrected chi connectivity index (χ1v) is 6.68. The third-order valence-electron chi connectivity index (χ3n) is 2.52. The van der Waals surface area contributed by atoms with Crippen LogP contribution in [0.1, 0.15) is 10.4 Å². The molecule has 0 aliphatic rings. The van der Waals surface area contributed by atoms with Crippen molar-refractivity contribution in [3.05, 3.63) is 23.8 Å². The molecule has 0 atom stereocenters. The maximum absolute atomic E-state index is 12.2. The Morgan fingerprint density at radius 2 is 2.20 bits per heavy atom. The third kappa shape index (κ3) is 3.21. The van der Waals surface area contributed by atoms with Gasteiger partial charge in [0.25, 0.3) is 0 Å². The van der Waals surface area contributed by atoms with Gasteiger partial charge in [0, 0.05) is 6.07 Å². The Balaban J connectivity index is 2.08. The summed E-state index contributed by atoms with van der Waals surface area (Å²) in [5.41, 5.74) is 5.90. The molecule has 0 spiro atoms. The molecule has 0 saturated carbocycles. The van der Waals surface area contributed by atoms with E-state index in [2.05, 4.69) is 15.2 Å². The average Bonchev–Trinajstić information content (AvgIpc) is 2.89. The Morgan fingerprint density at radius 3 is 2.80 bits per heavy atom. The number of hydrogen-bond acceptors (Lipinski definition) is 7. The highest BCUT2D eigenvalue weighted by atomic mass is 32.2. The van der Waals surface area contributed by atoms with E-state index in [9.17, 15) is 4.79 Å². The van der Waals surface area contributed by atoms with Crippen LogP contribution in [-0.2, 0) is 0 Å². The Bertz CT molecular complexity index is 614. The van der Waals surface area contributed by atoms with Crippen LogP contribution in [0.2, 0.25) is 0 Å². The van der Waals surface area contributed by atoms with E-state index in [0.29, 0.717) is 22.2 Å². The van der Waals surface area contributed by atoms with Crippen molar-refractivity contribution in [1.29, 1.82) is 0 Å². The number of nitrogens with one attached hydrogen (secondary N) is 1. The minimum Gasteiger partial charge on any atom is -0.497 e. The number of aromatic amines is 1. The molecule has 0 unspecified atom stereocenters. The number of Topliss-reactive ketones (excluding diaryl/α,β-unsaturated/α-hetero) is 1. The van der Waals surface area contributed by atoms with Crippen LogP contribution in [0.5, 0.6) is 11.5 Å². The Hall–Kier alpha value is -2.22. The molecule has 0 amide bonds. The van der Waals surface area contributed by atoms with E-state index in [0.717, 1.165) is 0 Å². The predicted octanol–water partition coefficient (Wildman–Crippen LogP) is 1.38. The normalized spacial score (nSPS) is 10.3. The Kier molecular flexibility index (Phi) is 4.46. The van der Waals surface area contributed by atoms with Gasteiger partial charge in [-0.2, -0.15) is 4.98 Å². The summed E-state index contributed by atoms with van der Waals surface area (Å²) in [4.78, 5) is 16.1. The van der Waals surface area contributed by atoms with Crippen molar-refractivity contribution in [3.63, 3.8) is 0 Å². The number of ketones is 1. The van der Waals surface area contributed by atoms with Gasteiger partial charge in [-0.05, 0) is 12.1 Å². The molecular weight excluding hydrogens is 280 g/mol. The summed E-state index contributed by atoms with van der Waals surface area (Å²) >= 11 is 1.20. The number of H-pyrrole nitrogens is 1. The number of benzene rings is 1. The number of methoxy groups -OCH3 is 2. The first-order chi connectivity index (χ1) is 9.63. The van der Waals surface area contributed by atoms with Gasteiger partial charge in [0.1, 0.15) is 11.5 Å². The van der Waals surface area contributed by atoms with Crippen LogP contribution in [0.25, 0.3) is 0 Å². The summed E-state index contributed by atoms with van der Waals surface area (Å²) in [5.74, 6) is 1.44. The molecule has 0 fully saturated rings. The van der Waals surface area contributed by atoms with E-state index in [4.69, 9.17) is 15.2 Å². The topological polar surface area (TPSA) is 103 Å². The zero-order valence-electron chi connectivity index (χ0n) is 11.0. The molecule has 0 radical (unpaired) electrons. The SMILES string of the molecule is COc1ccc(C(=O)CSc2n[nH]c(N)n2)c(OC)c1. The first-order valence-electron chi connectivity index (χ1n) is 5.70. The summed E-state index contributed by atoms with van der Waals surface area (Å²) < 4.78 is 10.3. The molecule has 2 rings (SSSR count). The molecule has 0 bridgehead atoms. The van der Waals surface area contributed by atoms with Crippen LogP contribution in [0.4, 0.5) is 5.95 Å². The van der Waals surface area contributed by atoms with Crippen molar-refractivity contribution in [2.24, 2.45) is 0 Å². The van der Waals surface area contributed by atoms with E-state index in [1.54, 1.807) is 25.3 Å². The van der Waals surface area contributed by atoms with Gasteiger partial charge in [0.2, 0.25) is 11.1 Å². The Labute approximate surface area is 119 Å². The van der Waals surface area contributed by atoms with Crippen LogP contribution < -0.4 is 15.2 Å². The molecule has 0 aliphatic heterocycles. The van der Waals surface area contributed by atoms with E-state index < -0.39 is 0 Å². The highest BCUT2D eigenvalue weighted by Gasteiger charge is 2.14. The second kappa shape index (κ2) is 6.29. The highest BCUT2D eigenvalue weighted by molar-refractivity contribution is 7.99. The summed E-state index contributed by atoms with van der Waals surface area (Å²) in [5, 5.41) is 6.80. The van der Waals surface area contributed by atoms with E-state index >= 15 is 0 Å². The number of ether oxygens (including phenoxy) is 2. The predicted molar refractivity (Wildman–Crippen MR) is 75.4 cm³/mol. The lowest BCUT2D eigenvalue weighted by molar-refractivity contribution is 0.101. The summed E-state index contributed by atoms with van der Waals surface area (Å²) in [6, 6.07) is 5.06. The lowest BCUT2D eigenvalue weighted by atomic mass is 10.1. The minimum absolute atomic E-state index is 0.0853. The number of anilines is 1. The summed E-state index contributed by atoms with van der Waals surface area (Å²) in [6.45, 7) is 0. The molecule has 1 aromatic heterocycles.